The van der Waals surface area contributed by atoms with Gasteiger partial charge in [0.15, 0.2) is 0 Å². The number of rotatable bonds is 4. The number of benzene rings is 3. The summed E-state index contributed by atoms with van der Waals surface area (Å²) in [6, 6.07) is 21.9. The van der Waals surface area contributed by atoms with Crippen LogP contribution < -0.4 is 11.3 Å². The van der Waals surface area contributed by atoms with E-state index < -0.39 is 5.91 Å². The molecule has 4 rings (SSSR count). The highest BCUT2D eigenvalue weighted by Crippen LogP contribution is 2.17. The first-order chi connectivity index (χ1) is 14.0. The van der Waals surface area contributed by atoms with Crippen molar-refractivity contribution in [3.8, 4) is 5.69 Å². The first kappa shape index (κ1) is 18.4. The van der Waals surface area contributed by atoms with Gasteiger partial charge in [-0.1, -0.05) is 54.1 Å². The van der Waals surface area contributed by atoms with Crippen LogP contribution in [0.1, 0.15) is 27.3 Å². The lowest BCUT2D eigenvalue weighted by atomic mass is 10.1. The van der Waals surface area contributed by atoms with Gasteiger partial charge in [-0.2, -0.15) is 0 Å². The maximum atomic E-state index is 13.3. The van der Waals surface area contributed by atoms with Crippen molar-refractivity contribution in [2.24, 2.45) is 5.73 Å². The Hall–Kier alpha value is -3.99. The molecular weight excluding hydrogens is 362 g/mol. The van der Waals surface area contributed by atoms with Crippen LogP contribution >= 0.6 is 0 Å². The molecule has 0 atom stereocenters. The van der Waals surface area contributed by atoms with Crippen molar-refractivity contribution in [2.45, 2.75) is 6.92 Å². The van der Waals surface area contributed by atoms with Gasteiger partial charge in [0.1, 0.15) is 5.82 Å². The van der Waals surface area contributed by atoms with Crippen LogP contribution in [0, 0.1) is 6.92 Å². The molecule has 0 aliphatic carbocycles. The molecule has 0 aliphatic rings. The number of carbonyl (C=O) groups excluding carboxylic acids is 1. The SMILES string of the molecule is Cc1ccc(/C=C/c2nc3ccccc3c(=O)n2-c2cccc(C(N)=O)c2)cc1. The van der Waals surface area contributed by atoms with Gasteiger partial charge in [0.05, 0.1) is 16.6 Å². The van der Waals surface area contributed by atoms with Crippen molar-refractivity contribution in [3.63, 3.8) is 0 Å². The van der Waals surface area contributed by atoms with E-state index in [1.54, 1.807) is 42.5 Å². The van der Waals surface area contributed by atoms with Gasteiger partial charge in [-0.3, -0.25) is 14.2 Å². The number of fused-ring (bicyclic) bond motifs is 1. The number of primary amides is 1. The summed E-state index contributed by atoms with van der Waals surface area (Å²) in [4.78, 5) is 29.5. The summed E-state index contributed by atoms with van der Waals surface area (Å²) in [6.07, 6.45) is 3.71. The Bertz CT molecular complexity index is 1300. The Balaban J connectivity index is 1.94. The predicted molar refractivity (Wildman–Crippen MR) is 116 cm³/mol. The zero-order valence-corrected chi connectivity index (χ0v) is 15.9. The van der Waals surface area contributed by atoms with Gasteiger partial charge in [-0.25, -0.2) is 4.98 Å². The minimum absolute atomic E-state index is 0.208. The molecule has 1 amide bonds. The van der Waals surface area contributed by atoms with E-state index in [0.717, 1.165) is 5.56 Å². The van der Waals surface area contributed by atoms with Crippen LogP contribution in [0.3, 0.4) is 0 Å². The Morgan fingerprint density at radius 2 is 1.72 bits per heavy atom. The number of aromatic nitrogens is 2. The molecule has 142 valence electrons. The van der Waals surface area contributed by atoms with Gasteiger partial charge in [0, 0.05) is 5.56 Å². The Kier molecular flexibility index (Phi) is 4.79. The van der Waals surface area contributed by atoms with Crippen molar-refractivity contribution in [3.05, 3.63) is 106 Å². The van der Waals surface area contributed by atoms with Crippen molar-refractivity contribution < 1.29 is 4.79 Å². The molecule has 5 heteroatoms. The molecule has 0 fully saturated rings. The highest BCUT2D eigenvalue weighted by Gasteiger charge is 2.12. The second-order valence-electron chi connectivity index (χ2n) is 6.79. The standard InChI is InChI=1S/C24H19N3O2/c1-16-9-11-17(12-10-16)13-14-22-26-21-8-3-2-7-20(21)24(29)27(22)19-6-4-5-18(15-19)23(25)28/h2-15H,1H3,(H2,25,28)/b14-13+. The fourth-order valence-corrected chi connectivity index (χ4v) is 3.16. The monoisotopic (exact) mass is 381 g/mol. The molecule has 0 spiro atoms. The Morgan fingerprint density at radius 3 is 2.48 bits per heavy atom. The smallest absolute Gasteiger partial charge is 0.266 e. The lowest BCUT2D eigenvalue weighted by Gasteiger charge is -2.12. The van der Waals surface area contributed by atoms with Gasteiger partial charge in [0.2, 0.25) is 5.91 Å². The molecule has 1 aromatic heterocycles. The summed E-state index contributed by atoms with van der Waals surface area (Å²) in [5, 5.41) is 0.504. The van der Waals surface area contributed by atoms with E-state index in [4.69, 9.17) is 5.73 Å². The van der Waals surface area contributed by atoms with Gasteiger partial charge >= 0.3 is 0 Å². The number of hydrogen-bond acceptors (Lipinski definition) is 3. The van der Waals surface area contributed by atoms with Crippen LogP contribution in [0.5, 0.6) is 0 Å². The number of amides is 1. The summed E-state index contributed by atoms with van der Waals surface area (Å²) in [5.41, 5.74) is 8.86. The van der Waals surface area contributed by atoms with Crippen LogP contribution in [0.2, 0.25) is 0 Å². The molecule has 0 bridgehead atoms. The quantitative estimate of drug-likeness (QED) is 0.581. The van der Waals surface area contributed by atoms with Crippen molar-refractivity contribution in [1.29, 1.82) is 0 Å². The number of nitrogens with zero attached hydrogens (tertiary/aromatic N) is 2. The van der Waals surface area contributed by atoms with E-state index in [1.807, 2.05) is 49.4 Å². The molecule has 1 heterocycles. The largest absolute Gasteiger partial charge is 0.366 e. The van der Waals surface area contributed by atoms with Crippen molar-refractivity contribution in [1.82, 2.24) is 9.55 Å². The second kappa shape index (κ2) is 7.56. The topological polar surface area (TPSA) is 78.0 Å². The number of aryl methyl sites for hydroxylation is 1. The van der Waals surface area contributed by atoms with E-state index in [1.165, 1.54) is 10.1 Å². The summed E-state index contributed by atoms with van der Waals surface area (Å²) in [7, 11) is 0. The van der Waals surface area contributed by atoms with E-state index in [0.29, 0.717) is 28.0 Å². The fourth-order valence-electron chi connectivity index (χ4n) is 3.16. The molecule has 0 aliphatic heterocycles. The number of carbonyl (C=O) groups is 1. The lowest BCUT2D eigenvalue weighted by Crippen LogP contribution is -2.23. The summed E-state index contributed by atoms with van der Waals surface area (Å²) < 4.78 is 1.50. The highest BCUT2D eigenvalue weighted by molar-refractivity contribution is 5.93. The van der Waals surface area contributed by atoms with Gasteiger partial charge in [-0.15, -0.1) is 0 Å². The van der Waals surface area contributed by atoms with Crippen molar-refractivity contribution in [2.75, 3.05) is 0 Å². The van der Waals surface area contributed by atoms with Crippen LogP contribution in [0.15, 0.2) is 77.6 Å². The molecule has 29 heavy (non-hydrogen) atoms. The molecule has 2 N–H and O–H groups in total. The number of nitrogens with two attached hydrogens (primary N) is 1. The predicted octanol–water partition coefficient (Wildman–Crippen LogP) is 3.96. The van der Waals surface area contributed by atoms with Crippen LogP contribution in [-0.2, 0) is 0 Å². The minimum Gasteiger partial charge on any atom is -0.366 e. The molecule has 3 aromatic carbocycles. The number of hydrogen-bond donors (Lipinski definition) is 1. The molecule has 0 saturated carbocycles. The third kappa shape index (κ3) is 3.71. The van der Waals surface area contributed by atoms with E-state index in [2.05, 4.69) is 4.98 Å². The maximum Gasteiger partial charge on any atom is 0.266 e. The lowest BCUT2D eigenvalue weighted by molar-refractivity contribution is 0.1000. The van der Waals surface area contributed by atoms with Gasteiger partial charge in [0.25, 0.3) is 5.56 Å². The summed E-state index contributed by atoms with van der Waals surface area (Å²) in [6.45, 7) is 2.03. The average Bonchev–Trinajstić information content (AvgIpc) is 2.73. The first-order valence-corrected chi connectivity index (χ1v) is 9.20. The van der Waals surface area contributed by atoms with E-state index in [-0.39, 0.29) is 5.56 Å². The normalized spacial score (nSPS) is 11.2. The zero-order chi connectivity index (χ0) is 20.4. The summed E-state index contributed by atoms with van der Waals surface area (Å²) in [5.74, 6) is -0.0821. The molecule has 0 radical (unpaired) electrons. The molecular formula is C24H19N3O2. The van der Waals surface area contributed by atoms with Gasteiger partial charge in [-0.05, 0) is 48.9 Å². The highest BCUT2D eigenvalue weighted by atomic mass is 16.1. The molecule has 0 saturated heterocycles. The molecule has 5 nitrogen and oxygen atoms in total. The first-order valence-electron chi connectivity index (χ1n) is 9.20. The molecule has 0 unspecified atom stereocenters. The van der Waals surface area contributed by atoms with Crippen LogP contribution in [0.4, 0.5) is 0 Å². The van der Waals surface area contributed by atoms with Crippen LogP contribution in [-0.4, -0.2) is 15.5 Å². The van der Waals surface area contributed by atoms with Gasteiger partial charge < -0.3 is 5.73 Å². The minimum atomic E-state index is -0.551. The summed E-state index contributed by atoms with van der Waals surface area (Å²) >= 11 is 0. The second-order valence-corrected chi connectivity index (χ2v) is 6.79. The Morgan fingerprint density at radius 1 is 0.966 bits per heavy atom. The molecule has 4 aromatic rings. The zero-order valence-electron chi connectivity index (χ0n) is 15.9. The number of para-hydroxylation sites is 1. The van der Waals surface area contributed by atoms with E-state index in [9.17, 15) is 9.59 Å². The maximum absolute atomic E-state index is 13.3. The average molecular weight is 381 g/mol. The Labute approximate surface area is 167 Å². The third-order valence-corrected chi connectivity index (χ3v) is 4.69. The van der Waals surface area contributed by atoms with E-state index >= 15 is 0 Å². The van der Waals surface area contributed by atoms with Crippen LogP contribution in [0.25, 0.3) is 28.7 Å². The fraction of sp³-hybridized carbons (Fsp3) is 0.0417. The third-order valence-electron chi connectivity index (χ3n) is 4.69. The van der Waals surface area contributed by atoms with Crippen molar-refractivity contribution >= 4 is 29.0 Å².